The molecule has 7 nitrogen and oxygen atoms in total. The first-order chi connectivity index (χ1) is 19.4. The smallest absolute Gasteiger partial charge is 0.305 e. The molecule has 0 aliphatic rings. The molecular formula is C33H50O7Si. The van der Waals surface area contributed by atoms with Crippen molar-refractivity contribution in [1.82, 2.24) is 0 Å². The monoisotopic (exact) mass is 586 g/mol. The van der Waals surface area contributed by atoms with Crippen molar-refractivity contribution in [2.45, 2.75) is 96.6 Å². The Morgan fingerprint density at radius 1 is 0.805 bits per heavy atom. The van der Waals surface area contributed by atoms with Crippen LogP contribution >= 0.6 is 0 Å². The Hall–Kier alpha value is -2.65. The van der Waals surface area contributed by atoms with E-state index in [1.807, 2.05) is 60.7 Å². The van der Waals surface area contributed by atoms with Crippen LogP contribution in [0.15, 0.2) is 60.7 Å². The first kappa shape index (κ1) is 34.5. The van der Waals surface area contributed by atoms with E-state index >= 15 is 0 Å². The molecule has 0 radical (unpaired) electrons. The third-order valence-electron chi connectivity index (χ3n) is 7.51. The van der Waals surface area contributed by atoms with E-state index < -0.39 is 8.32 Å². The average Bonchev–Trinajstić information content (AvgIpc) is 2.94. The number of benzene rings is 2. The van der Waals surface area contributed by atoms with Crippen molar-refractivity contribution in [3.05, 3.63) is 71.8 Å². The number of ether oxygens (including phenoxy) is 5. The number of hydrogen-bond donors (Lipinski definition) is 0. The summed E-state index contributed by atoms with van der Waals surface area (Å²) in [7, 11) is 2.76. The Labute approximate surface area is 248 Å². The van der Waals surface area contributed by atoms with Crippen LogP contribution in [0.5, 0.6) is 11.5 Å². The molecule has 228 valence electrons. The highest BCUT2D eigenvalue weighted by atomic mass is 28.4. The van der Waals surface area contributed by atoms with Gasteiger partial charge in [0.05, 0.1) is 46.8 Å². The van der Waals surface area contributed by atoms with Crippen LogP contribution in [0.1, 0.15) is 58.1 Å². The molecule has 0 aliphatic carbocycles. The van der Waals surface area contributed by atoms with Crippen molar-refractivity contribution in [3.63, 3.8) is 0 Å². The minimum atomic E-state index is -1.94. The summed E-state index contributed by atoms with van der Waals surface area (Å²) in [6, 6.07) is 15.6. The van der Waals surface area contributed by atoms with Crippen molar-refractivity contribution in [2.24, 2.45) is 0 Å². The Bertz CT molecular complexity index is 1060. The average molecular weight is 587 g/mol. The highest BCUT2D eigenvalue weighted by Crippen LogP contribution is 2.37. The maximum Gasteiger partial charge on any atom is 0.305 e. The minimum Gasteiger partial charge on any atom is -0.497 e. The number of rotatable bonds is 17. The molecule has 2 rings (SSSR count). The first-order valence-corrected chi connectivity index (χ1v) is 17.2. The summed E-state index contributed by atoms with van der Waals surface area (Å²) >= 11 is 0. The van der Waals surface area contributed by atoms with Gasteiger partial charge in [-0.2, -0.15) is 0 Å². The summed E-state index contributed by atoms with van der Waals surface area (Å²) in [4.78, 5) is 11.9. The molecule has 0 spiro atoms. The molecular weight excluding hydrogens is 536 g/mol. The molecule has 41 heavy (non-hydrogen) atoms. The Morgan fingerprint density at radius 3 is 1.71 bits per heavy atom. The second-order valence-electron chi connectivity index (χ2n) is 11.8. The van der Waals surface area contributed by atoms with E-state index in [2.05, 4.69) is 40.8 Å². The topological polar surface area (TPSA) is 72.5 Å². The van der Waals surface area contributed by atoms with Gasteiger partial charge >= 0.3 is 5.97 Å². The third kappa shape index (κ3) is 12.4. The van der Waals surface area contributed by atoms with Gasteiger partial charge in [-0.1, -0.05) is 57.2 Å². The van der Waals surface area contributed by atoms with Crippen molar-refractivity contribution >= 4 is 14.3 Å². The van der Waals surface area contributed by atoms with Gasteiger partial charge in [0, 0.05) is 18.9 Å². The highest BCUT2D eigenvalue weighted by molar-refractivity contribution is 6.74. The van der Waals surface area contributed by atoms with E-state index in [4.69, 9.17) is 28.1 Å². The number of carbonyl (C=O) groups is 1. The number of carbonyl (C=O) groups excluding carboxylic acids is 1. The predicted molar refractivity (Wildman–Crippen MR) is 166 cm³/mol. The molecule has 0 aliphatic heterocycles. The number of methoxy groups -OCH3 is 3. The molecule has 3 atom stereocenters. The van der Waals surface area contributed by atoms with Gasteiger partial charge in [0.15, 0.2) is 8.32 Å². The van der Waals surface area contributed by atoms with Crippen LogP contribution in [-0.4, -0.2) is 53.9 Å². The molecule has 8 heteroatoms. The molecule has 0 unspecified atom stereocenters. The van der Waals surface area contributed by atoms with E-state index in [1.54, 1.807) is 14.2 Å². The zero-order valence-electron chi connectivity index (χ0n) is 26.4. The molecule has 0 bridgehead atoms. The summed E-state index contributed by atoms with van der Waals surface area (Å²) in [5, 5.41) is 0.116. The van der Waals surface area contributed by atoms with Crippen LogP contribution in [0, 0.1) is 0 Å². The normalized spacial score (nSPS) is 14.5. The fourth-order valence-electron chi connectivity index (χ4n) is 3.95. The van der Waals surface area contributed by atoms with Crippen LogP contribution in [0.2, 0.25) is 18.1 Å². The largest absolute Gasteiger partial charge is 0.497 e. The maximum absolute atomic E-state index is 11.9. The van der Waals surface area contributed by atoms with Gasteiger partial charge in [-0.05, 0) is 66.9 Å². The summed E-state index contributed by atoms with van der Waals surface area (Å²) in [5.74, 6) is 1.34. The summed E-state index contributed by atoms with van der Waals surface area (Å²) < 4.78 is 34.7. The molecule has 0 amide bonds. The maximum atomic E-state index is 11.9. The van der Waals surface area contributed by atoms with Gasteiger partial charge < -0.3 is 28.1 Å². The minimum absolute atomic E-state index is 0.00939. The van der Waals surface area contributed by atoms with Gasteiger partial charge in [0.2, 0.25) is 0 Å². The SMILES string of the molecule is COC(=O)CC[C@@H](/C=C/[C@H](C[C@@H](C)O[Si](C)(C)C(C)(C)C)OCc1ccc(OC)cc1)OCc1ccc(OC)cc1. The number of hydrogen-bond acceptors (Lipinski definition) is 7. The quantitative estimate of drug-likeness (QED) is 0.108. The van der Waals surface area contributed by atoms with Crippen LogP contribution in [0.3, 0.4) is 0 Å². The van der Waals surface area contributed by atoms with Crippen molar-refractivity contribution in [3.8, 4) is 11.5 Å². The van der Waals surface area contributed by atoms with E-state index in [-0.39, 0.29) is 35.7 Å². The standard InChI is InChI=1S/C33H50O7Si/c1-25(40-41(8,9)33(2,3)4)22-31(39-24-27-12-16-29(36-6)17-13-27)19-18-30(20-21-32(34)37-7)38-23-26-10-14-28(35-5)15-11-26/h10-19,25,30-31H,20-24H2,1-9H3/b19-18+/t25-,30-,31-/m1/s1. The zero-order chi connectivity index (χ0) is 30.5. The van der Waals surface area contributed by atoms with Crippen molar-refractivity contribution in [1.29, 1.82) is 0 Å². The Balaban J connectivity index is 2.18. The van der Waals surface area contributed by atoms with Gasteiger partial charge in [0.25, 0.3) is 0 Å². The molecule has 0 heterocycles. The second-order valence-corrected chi connectivity index (χ2v) is 16.6. The second kappa shape index (κ2) is 16.7. The summed E-state index contributed by atoms with van der Waals surface area (Å²) in [5.41, 5.74) is 2.08. The van der Waals surface area contributed by atoms with Crippen LogP contribution in [-0.2, 0) is 36.6 Å². The Kier molecular flexibility index (Phi) is 14.1. The Morgan fingerprint density at radius 2 is 1.27 bits per heavy atom. The van der Waals surface area contributed by atoms with E-state index in [0.29, 0.717) is 26.1 Å². The van der Waals surface area contributed by atoms with Gasteiger partial charge in [-0.15, -0.1) is 0 Å². The zero-order valence-corrected chi connectivity index (χ0v) is 27.4. The summed E-state index contributed by atoms with van der Waals surface area (Å²) in [6.07, 6.45) is 5.02. The lowest BCUT2D eigenvalue weighted by Gasteiger charge is -2.39. The lowest BCUT2D eigenvalue weighted by Crippen LogP contribution is -2.44. The first-order valence-electron chi connectivity index (χ1n) is 14.3. The summed E-state index contributed by atoms with van der Waals surface area (Å²) in [6.45, 7) is 14.2. The van der Waals surface area contributed by atoms with E-state index in [0.717, 1.165) is 22.6 Å². The molecule has 0 saturated carbocycles. The van der Waals surface area contributed by atoms with Gasteiger partial charge in [0.1, 0.15) is 11.5 Å². The third-order valence-corrected chi connectivity index (χ3v) is 12.1. The van der Waals surface area contributed by atoms with Gasteiger partial charge in [-0.25, -0.2) is 0 Å². The molecule has 0 saturated heterocycles. The fraction of sp³-hybridized carbons (Fsp3) is 0.545. The van der Waals surface area contributed by atoms with Crippen molar-refractivity contribution in [2.75, 3.05) is 21.3 Å². The molecule has 0 fully saturated rings. The molecule has 2 aromatic rings. The lowest BCUT2D eigenvalue weighted by atomic mass is 10.1. The lowest BCUT2D eigenvalue weighted by molar-refractivity contribution is -0.141. The van der Waals surface area contributed by atoms with Gasteiger partial charge in [-0.3, -0.25) is 4.79 Å². The van der Waals surface area contributed by atoms with Crippen LogP contribution in [0.4, 0.5) is 0 Å². The van der Waals surface area contributed by atoms with Crippen LogP contribution in [0.25, 0.3) is 0 Å². The molecule has 0 aromatic heterocycles. The molecule has 2 aromatic carbocycles. The predicted octanol–water partition coefficient (Wildman–Crippen LogP) is 7.48. The van der Waals surface area contributed by atoms with Crippen molar-refractivity contribution < 1.29 is 32.9 Å². The fourth-order valence-corrected chi connectivity index (χ4v) is 5.41. The highest BCUT2D eigenvalue weighted by Gasteiger charge is 2.38. The van der Waals surface area contributed by atoms with E-state index in [1.165, 1.54) is 7.11 Å². The number of esters is 1. The molecule has 0 N–H and O–H groups in total. The van der Waals surface area contributed by atoms with Crippen LogP contribution < -0.4 is 9.47 Å². The van der Waals surface area contributed by atoms with E-state index in [9.17, 15) is 4.79 Å².